The minimum atomic E-state index is -0.791. The maximum Gasteiger partial charge on any atom is 0.421 e. The maximum absolute atomic E-state index is 11.3. The normalized spacial score (nSPS) is 10.3. The second kappa shape index (κ2) is 8.14. The Kier molecular flexibility index (Phi) is 7.27. The van der Waals surface area contributed by atoms with Gasteiger partial charge in [0.05, 0.1) is 13.1 Å². The molecule has 0 spiro atoms. The molecule has 3 amide bonds. The maximum atomic E-state index is 11.3. The largest absolute Gasteiger partial charge is 0.447 e. The minimum Gasteiger partial charge on any atom is -0.447 e. The van der Waals surface area contributed by atoms with Crippen LogP contribution in [0.4, 0.5) is 9.59 Å². The van der Waals surface area contributed by atoms with Gasteiger partial charge >= 0.3 is 12.2 Å². The lowest BCUT2D eigenvalue weighted by atomic mass is 10.2. The molecule has 0 bridgehead atoms. The summed E-state index contributed by atoms with van der Waals surface area (Å²) < 4.78 is 9.47. The number of hydrogen-bond acceptors (Lipinski definition) is 6. The number of hydrogen-bond donors (Lipinski definition) is 4. The summed E-state index contributed by atoms with van der Waals surface area (Å²) in [5.74, 6) is 4.34. The van der Waals surface area contributed by atoms with Crippen LogP contribution < -0.4 is 21.9 Å². The molecular weight excluding hydrogens is 256 g/mol. The third kappa shape index (κ3) is 10.8. The van der Waals surface area contributed by atoms with Crippen LogP contribution in [-0.2, 0) is 14.3 Å². The highest BCUT2D eigenvalue weighted by Crippen LogP contribution is 2.05. The van der Waals surface area contributed by atoms with Crippen molar-refractivity contribution in [3.8, 4) is 0 Å². The Hall–Kier alpha value is -2.03. The van der Waals surface area contributed by atoms with Gasteiger partial charge in [0, 0.05) is 0 Å². The van der Waals surface area contributed by atoms with E-state index in [-0.39, 0.29) is 19.7 Å². The fraction of sp³-hybridized carbons (Fsp3) is 0.700. The van der Waals surface area contributed by atoms with Gasteiger partial charge in [0.25, 0.3) is 0 Å². The van der Waals surface area contributed by atoms with E-state index in [1.807, 2.05) is 0 Å². The van der Waals surface area contributed by atoms with Gasteiger partial charge in [-0.25, -0.2) is 15.4 Å². The number of nitrogens with two attached hydrogens (primary N) is 1. The Balaban J connectivity index is 3.65. The summed E-state index contributed by atoms with van der Waals surface area (Å²) in [4.78, 5) is 33.0. The Morgan fingerprint density at radius 2 is 1.74 bits per heavy atom. The summed E-state index contributed by atoms with van der Waals surface area (Å²) in [5, 5.41) is 4.71. The number of amides is 3. The average molecular weight is 276 g/mol. The molecule has 0 aliphatic heterocycles. The summed E-state index contributed by atoms with van der Waals surface area (Å²) in [5.41, 5.74) is 1.15. The molecule has 0 unspecified atom stereocenters. The molecule has 0 aromatic carbocycles. The van der Waals surface area contributed by atoms with E-state index < -0.39 is 23.7 Å². The van der Waals surface area contributed by atoms with Crippen LogP contribution >= 0.6 is 0 Å². The zero-order chi connectivity index (χ0) is 14.9. The van der Waals surface area contributed by atoms with E-state index in [9.17, 15) is 14.4 Å². The van der Waals surface area contributed by atoms with E-state index in [1.54, 1.807) is 26.2 Å². The third-order valence-electron chi connectivity index (χ3n) is 1.57. The monoisotopic (exact) mass is 276 g/mol. The first-order valence-corrected chi connectivity index (χ1v) is 5.61. The van der Waals surface area contributed by atoms with Gasteiger partial charge in [0.15, 0.2) is 0 Å². The predicted molar refractivity (Wildman–Crippen MR) is 65.9 cm³/mol. The fourth-order valence-corrected chi connectivity index (χ4v) is 0.905. The topological polar surface area (TPSA) is 132 Å². The van der Waals surface area contributed by atoms with Crippen LogP contribution in [0, 0.1) is 0 Å². The number of nitrogens with one attached hydrogen (secondary N) is 3. The van der Waals surface area contributed by atoms with Crippen molar-refractivity contribution in [1.82, 2.24) is 16.1 Å². The third-order valence-corrected chi connectivity index (χ3v) is 1.57. The van der Waals surface area contributed by atoms with Gasteiger partial charge in [-0.2, -0.15) is 0 Å². The van der Waals surface area contributed by atoms with E-state index in [4.69, 9.17) is 10.6 Å². The molecule has 0 aliphatic carbocycles. The fourth-order valence-electron chi connectivity index (χ4n) is 0.905. The van der Waals surface area contributed by atoms with Crippen molar-refractivity contribution in [3.05, 3.63) is 0 Å². The Morgan fingerprint density at radius 3 is 2.26 bits per heavy atom. The Labute approximate surface area is 111 Å². The number of alkyl carbamates (subject to hydrolysis) is 1. The molecule has 0 radical (unpaired) electrons. The number of rotatable bonds is 5. The molecule has 19 heavy (non-hydrogen) atoms. The van der Waals surface area contributed by atoms with Crippen LogP contribution in [-0.4, -0.2) is 43.4 Å². The van der Waals surface area contributed by atoms with Crippen molar-refractivity contribution in [2.24, 2.45) is 5.84 Å². The standard InChI is InChI=1S/C10H20N4O5/c1-10(2,3)19-8(16)13-6-7(15)12-4-5-18-9(17)14-11/h4-6,11H2,1-3H3,(H,12,15)(H,13,16)(H,14,17). The molecule has 0 rings (SSSR count). The highest BCUT2D eigenvalue weighted by molar-refractivity contribution is 5.82. The first-order chi connectivity index (χ1) is 8.74. The molecule has 0 aromatic rings. The second-order valence-corrected chi connectivity index (χ2v) is 4.49. The molecule has 5 N–H and O–H groups in total. The van der Waals surface area contributed by atoms with Gasteiger partial charge in [-0.15, -0.1) is 0 Å². The molecule has 0 aliphatic rings. The summed E-state index contributed by atoms with van der Waals surface area (Å²) in [6.07, 6.45) is -1.47. The Morgan fingerprint density at radius 1 is 1.11 bits per heavy atom. The van der Waals surface area contributed by atoms with E-state index in [0.717, 1.165) is 0 Å². The SMILES string of the molecule is CC(C)(C)OC(=O)NCC(=O)NCCOC(=O)NN. The molecule has 9 nitrogen and oxygen atoms in total. The summed E-state index contributed by atoms with van der Waals surface area (Å²) in [6.45, 7) is 5.01. The predicted octanol–water partition coefficient (Wildman–Crippen LogP) is -0.773. The lowest BCUT2D eigenvalue weighted by Gasteiger charge is -2.19. The first-order valence-electron chi connectivity index (χ1n) is 5.61. The molecule has 0 heterocycles. The quantitative estimate of drug-likeness (QED) is 0.225. The minimum absolute atomic E-state index is 0.0266. The number of hydrazine groups is 1. The molecule has 0 aromatic heterocycles. The molecule has 0 atom stereocenters. The van der Waals surface area contributed by atoms with Gasteiger partial charge in [-0.05, 0) is 20.8 Å². The van der Waals surface area contributed by atoms with Crippen LogP contribution in [0.2, 0.25) is 0 Å². The lowest BCUT2D eigenvalue weighted by molar-refractivity contribution is -0.120. The van der Waals surface area contributed by atoms with Crippen LogP contribution in [0.25, 0.3) is 0 Å². The lowest BCUT2D eigenvalue weighted by Crippen LogP contribution is -2.41. The van der Waals surface area contributed by atoms with Crippen LogP contribution in [0.5, 0.6) is 0 Å². The molecule has 0 saturated carbocycles. The van der Waals surface area contributed by atoms with E-state index in [2.05, 4.69) is 15.4 Å². The highest BCUT2D eigenvalue weighted by Gasteiger charge is 2.16. The summed E-state index contributed by atoms with van der Waals surface area (Å²) in [7, 11) is 0. The summed E-state index contributed by atoms with van der Waals surface area (Å²) >= 11 is 0. The van der Waals surface area contributed by atoms with Crippen molar-refractivity contribution >= 4 is 18.1 Å². The number of carbonyl (C=O) groups is 3. The molecular formula is C10H20N4O5. The Bertz CT molecular complexity index is 326. The van der Waals surface area contributed by atoms with E-state index in [1.165, 1.54) is 0 Å². The molecule has 110 valence electrons. The van der Waals surface area contributed by atoms with Gasteiger partial charge in [-0.1, -0.05) is 0 Å². The van der Waals surface area contributed by atoms with Gasteiger partial charge in [-0.3, -0.25) is 10.2 Å². The summed E-state index contributed by atoms with van der Waals surface area (Å²) in [6, 6.07) is 0. The molecule has 9 heteroatoms. The number of ether oxygens (including phenoxy) is 2. The van der Waals surface area contributed by atoms with E-state index in [0.29, 0.717) is 0 Å². The van der Waals surface area contributed by atoms with Crippen molar-refractivity contribution in [3.63, 3.8) is 0 Å². The van der Waals surface area contributed by atoms with Gasteiger partial charge in [0.1, 0.15) is 12.2 Å². The molecule has 0 saturated heterocycles. The average Bonchev–Trinajstić information content (AvgIpc) is 2.29. The van der Waals surface area contributed by atoms with Crippen molar-refractivity contribution in [2.45, 2.75) is 26.4 Å². The van der Waals surface area contributed by atoms with Gasteiger partial charge < -0.3 is 20.1 Å². The van der Waals surface area contributed by atoms with Crippen molar-refractivity contribution < 1.29 is 23.9 Å². The number of carbonyl (C=O) groups excluding carboxylic acids is 3. The van der Waals surface area contributed by atoms with Crippen LogP contribution in [0.15, 0.2) is 0 Å². The van der Waals surface area contributed by atoms with Crippen LogP contribution in [0.1, 0.15) is 20.8 Å². The first kappa shape index (κ1) is 17.0. The van der Waals surface area contributed by atoms with Crippen LogP contribution in [0.3, 0.4) is 0 Å². The second-order valence-electron chi connectivity index (χ2n) is 4.49. The zero-order valence-corrected chi connectivity index (χ0v) is 11.2. The highest BCUT2D eigenvalue weighted by atomic mass is 16.6. The van der Waals surface area contributed by atoms with Crippen molar-refractivity contribution in [2.75, 3.05) is 19.7 Å². The van der Waals surface area contributed by atoms with Crippen molar-refractivity contribution in [1.29, 1.82) is 0 Å². The van der Waals surface area contributed by atoms with Gasteiger partial charge in [0.2, 0.25) is 5.91 Å². The smallest absolute Gasteiger partial charge is 0.421 e. The van der Waals surface area contributed by atoms with E-state index >= 15 is 0 Å². The molecule has 0 fully saturated rings. The zero-order valence-electron chi connectivity index (χ0n) is 11.2.